The highest BCUT2D eigenvalue weighted by Gasteiger charge is 2.49. The average Bonchev–Trinajstić information content (AvgIpc) is 1.52. The van der Waals surface area contributed by atoms with E-state index >= 15 is 0 Å². The summed E-state index contributed by atoms with van der Waals surface area (Å²) in [5.74, 6) is 0. The smallest absolute Gasteiger partial charge is 0.252 e. The third-order valence-corrected chi connectivity index (χ3v) is 29.8. The molecule has 630 valence electrons. The molecule has 0 amide bonds. The number of nitrogens with zero attached hydrogens (tertiary/aromatic N) is 4. The lowest BCUT2D eigenvalue weighted by atomic mass is 9.33. The van der Waals surface area contributed by atoms with Gasteiger partial charge in [-0.15, -0.1) is 0 Å². The molecule has 0 unspecified atom stereocenters. The predicted molar refractivity (Wildman–Crippen MR) is 563 cm³/mol. The van der Waals surface area contributed by atoms with Gasteiger partial charge in [-0.3, -0.25) is 0 Å². The van der Waals surface area contributed by atoms with Crippen LogP contribution in [0.15, 0.2) is 473 Å². The summed E-state index contributed by atoms with van der Waals surface area (Å²) in [5.41, 5.74) is 39.1. The van der Waals surface area contributed by atoms with E-state index in [2.05, 4.69) is 474 Å². The molecule has 1 aliphatic carbocycles. The van der Waals surface area contributed by atoms with E-state index in [1.165, 1.54) is 54.9 Å². The largest absolute Gasteiger partial charge is 0.456 e. The van der Waals surface area contributed by atoms with Crippen molar-refractivity contribution in [1.29, 1.82) is 0 Å². The molecule has 0 atom stereocenters. The molecular formula is C127H75BN4O4. The third kappa shape index (κ3) is 10.5. The van der Waals surface area contributed by atoms with E-state index in [0.29, 0.717) is 0 Å². The Labute approximate surface area is 780 Å². The molecule has 30 rings (SSSR count). The number of rotatable bonds is 11. The quantitative estimate of drug-likeness (QED) is 0.120. The predicted octanol–water partition coefficient (Wildman–Crippen LogP) is 32.3. The standard InChI is InChI=1S/C127H75BN4O4/c1-3-27-82(28-4-1)127(83-29-5-2-6-30-83)102-44-16-7-31-86(102)101-71-78(57-66-103(101)127)81-74-112-122-113(75-81)132(124-94(65-70-119-121(124)100-39-15-24-52-117(100)134-119)98-43-26-41-96-92-37-13-22-50-115(92)136-126(96)98)111-73-80(77-55-62-85(63-56-77)130-108-47-19-10-34-89(108)90-35-11-20-48-109(90)130)59-68-105(111)128(122)104-67-58-79(76-53-60-84(61-54-76)129-106-45-17-8-32-87(106)88-33-9-18-46-107(88)129)72-110(104)131(112)123-93(64-69-118-120(123)99-38-14-23-51-116(99)133-118)97-42-25-40-95-91-36-12-21-49-114(91)135-125(95)97/h1-75H. The highest BCUT2D eigenvalue weighted by molar-refractivity contribution is 7.00. The lowest BCUT2D eigenvalue weighted by molar-refractivity contribution is 0.668. The lowest BCUT2D eigenvalue weighted by Gasteiger charge is -2.45. The molecule has 136 heavy (non-hydrogen) atoms. The molecule has 21 aromatic carbocycles. The second-order valence-electron chi connectivity index (χ2n) is 36.6. The Morgan fingerprint density at radius 3 is 1.01 bits per heavy atom. The Kier molecular flexibility index (Phi) is 15.7. The van der Waals surface area contributed by atoms with Crippen LogP contribution in [0.4, 0.5) is 34.1 Å². The van der Waals surface area contributed by atoms with Crippen molar-refractivity contribution < 1.29 is 17.7 Å². The maximum Gasteiger partial charge on any atom is 0.252 e. The molecule has 0 saturated carbocycles. The first-order valence-electron chi connectivity index (χ1n) is 46.8. The first-order chi connectivity index (χ1) is 67.5. The SMILES string of the molecule is c1ccc(C2(c3ccccc3)c3ccccc3-c3cc(-c4cc5c6c(c4)N(c4c(-c7cccc8c7oc7ccccc78)ccc7oc8ccccc8c47)c4cc(-c7ccc(-n8c9ccccc9c9ccccc98)cc7)ccc4B6c4ccc(-c6ccc(-n7c8ccccc8c8ccccc87)cc6)cc4N5c4c(-c5cccc6c5oc5ccccc56)ccc5oc6ccccc6c45)ccc32)cc1. The minimum absolute atomic E-state index is 0.413. The summed E-state index contributed by atoms with van der Waals surface area (Å²) in [6.07, 6.45) is 0. The van der Waals surface area contributed by atoms with Gasteiger partial charge in [0.15, 0.2) is 0 Å². The normalized spacial score (nSPS) is 13.2. The van der Waals surface area contributed by atoms with Crippen LogP contribution < -0.4 is 26.2 Å². The minimum Gasteiger partial charge on any atom is -0.456 e. The van der Waals surface area contributed by atoms with Gasteiger partial charge in [-0.2, -0.15) is 0 Å². The number of para-hydroxylation sites is 10. The van der Waals surface area contributed by atoms with E-state index in [4.69, 9.17) is 17.7 Å². The maximum atomic E-state index is 7.32. The number of fused-ring (bicyclic) bond motifs is 25. The zero-order valence-electron chi connectivity index (χ0n) is 73.3. The van der Waals surface area contributed by atoms with Crippen LogP contribution in [0.3, 0.4) is 0 Å². The monoisotopic (exact) mass is 1730 g/mol. The minimum atomic E-state index is -0.661. The molecule has 0 saturated heterocycles. The fraction of sp³-hybridized carbons (Fsp3) is 0.00787. The van der Waals surface area contributed by atoms with E-state index in [1.807, 2.05) is 0 Å². The van der Waals surface area contributed by atoms with Crippen molar-refractivity contribution in [2.75, 3.05) is 9.80 Å². The second-order valence-corrected chi connectivity index (χ2v) is 36.6. The number of benzene rings is 21. The zero-order chi connectivity index (χ0) is 88.7. The third-order valence-electron chi connectivity index (χ3n) is 29.8. The molecular weight excluding hydrogens is 1660 g/mol. The summed E-state index contributed by atoms with van der Waals surface area (Å²) in [7, 11) is 0. The summed E-state index contributed by atoms with van der Waals surface area (Å²) in [6.45, 7) is -0.413. The Morgan fingerprint density at radius 1 is 0.206 bits per heavy atom. The molecule has 0 N–H and O–H groups in total. The Hall–Kier alpha value is -17.9. The van der Waals surface area contributed by atoms with Gasteiger partial charge >= 0.3 is 0 Å². The van der Waals surface area contributed by atoms with Crippen molar-refractivity contribution in [1.82, 2.24) is 9.13 Å². The van der Waals surface area contributed by atoms with Gasteiger partial charge in [0.25, 0.3) is 6.71 Å². The second kappa shape index (κ2) is 28.5. The Morgan fingerprint density at radius 2 is 0.551 bits per heavy atom. The van der Waals surface area contributed by atoms with Crippen molar-refractivity contribution in [3.8, 4) is 78.1 Å². The van der Waals surface area contributed by atoms with E-state index in [9.17, 15) is 0 Å². The molecule has 6 aromatic heterocycles. The molecule has 27 aromatic rings. The van der Waals surface area contributed by atoms with Crippen LogP contribution in [0, 0.1) is 0 Å². The summed E-state index contributed by atoms with van der Waals surface area (Å²) < 4.78 is 34.1. The molecule has 8 nitrogen and oxygen atoms in total. The van der Waals surface area contributed by atoms with Gasteiger partial charge in [0.05, 0.1) is 49.6 Å². The van der Waals surface area contributed by atoms with Gasteiger partial charge in [0.1, 0.15) is 44.7 Å². The van der Waals surface area contributed by atoms with Gasteiger partial charge < -0.3 is 36.6 Å². The van der Waals surface area contributed by atoms with Gasteiger partial charge in [-0.05, 0) is 211 Å². The van der Waals surface area contributed by atoms with E-state index in [0.717, 1.165) is 227 Å². The van der Waals surface area contributed by atoms with E-state index in [-0.39, 0.29) is 0 Å². The zero-order valence-corrected chi connectivity index (χ0v) is 73.3. The summed E-state index contributed by atoms with van der Waals surface area (Å²) in [5, 5.41) is 12.9. The van der Waals surface area contributed by atoms with Crippen LogP contribution in [-0.2, 0) is 5.41 Å². The Balaban J connectivity index is 0.748. The number of furan rings is 4. The van der Waals surface area contributed by atoms with Crippen LogP contribution in [0.2, 0.25) is 0 Å². The summed E-state index contributed by atoms with van der Waals surface area (Å²) >= 11 is 0. The van der Waals surface area contributed by atoms with Gasteiger partial charge in [-0.1, -0.05) is 328 Å². The highest BCUT2D eigenvalue weighted by Crippen LogP contribution is 2.61. The van der Waals surface area contributed by atoms with Crippen LogP contribution >= 0.6 is 0 Å². The van der Waals surface area contributed by atoms with Crippen LogP contribution in [-0.4, -0.2) is 15.8 Å². The fourth-order valence-corrected chi connectivity index (χ4v) is 24.0. The topological polar surface area (TPSA) is 68.9 Å². The van der Waals surface area contributed by atoms with Crippen molar-refractivity contribution in [3.63, 3.8) is 0 Å². The number of hydrogen-bond donors (Lipinski definition) is 0. The van der Waals surface area contributed by atoms with Crippen molar-refractivity contribution in [2.45, 2.75) is 5.41 Å². The van der Waals surface area contributed by atoms with Crippen LogP contribution in [0.25, 0.3) is 210 Å². The molecule has 8 heterocycles. The van der Waals surface area contributed by atoms with Crippen molar-refractivity contribution >= 4 is 189 Å². The van der Waals surface area contributed by atoms with Gasteiger partial charge in [-0.25, -0.2) is 0 Å². The van der Waals surface area contributed by atoms with Crippen molar-refractivity contribution in [2.24, 2.45) is 0 Å². The Bertz CT molecular complexity index is 9180. The number of anilines is 6. The molecule has 0 spiro atoms. The van der Waals surface area contributed by atoms with E-state index in [1.54, 1.807) is 0 Å². The molecule has 3 aliphatic rings. The van der Waals surface area contributed by atoms with Gasteiger partial charge in [0.2, 0.25) is 0 Å². The molecule has 9 heteroatoms. The summed E-state index contributed by atoms with van der Waals surface area (Å²) in [4.78, 5) is 5.31. The van der Waals surface area contributed by atoms with Crippen LogP contribution in [0.1, 0.15) is 22.3 Å². The average molecular weight is 1730 g/mol. The number of hydrogen-bond acceptors (Lipinski definition) is 6. The molecule has 0 fully saturated rings. The lowest BCUT2D eigenvalue weighted by Crippen LogP contribution is -2.61. The fourth-order valence-electron chi connectivity index (χ4n) is 24.0. The maximum absolute atomic E-state index is 7.32. The molecule has 2 aliphatic heterocycles. The first-order valence-corrected chi connectivity index (χ1v) is 46.8. The number of aromatic nitrogens is 2. The molecule has 0 bridgehead atoms. The van der Waals surface area contributed by atoms with Crippen molar-refractivity contribution in [3.05, 3.63) is 477 Å². The van der Waals surface area contributed by atoms with Crippen LogP contribution in [0.5, 0.6) is 0 Å². The summed E-state index contributed by atoms with van der Waals surface area (Å²) in [6, 6.07) is 169. The first kappa shape index (κ1) is 74.8. The van der Waals surface area contributed by atoms with Gasteiger partial charge in [0, 0.05) is 110 Å². The highest BCUT2D eigenvalue weighted by atomic mass is 16.3. The van der Waals surface area contributed by atoms with E-state index < -0.39 is 12.1 Å². The molecule has 0 radical (unpaired) electrons.